The Hall–Kier alpha value is -4.73. The van der Waals surface area contributed by atoms with Gasteiger partial charge in [-0.15, -0.1) is 0 Å². The summed E-state index contributed by atoms with van der Waals surface area (Å²) in [5.41, 5.74) is 3.29. The zero-order chi connectivity index (χ0) is 29.5. The molecular formula is C33H30N2O6S. The summed E-state index contributed by atoms with van der Waals surface area (Å²) in [5, 5.41) is 0. The number of ether oxygens (including phenoxy) is 1. The molecule has 0 spiro atoms. The van der Waals surface area contributed by atoms with E-state index < -0.39 is 21.7 Å². The smallest absolute Gasteiger partial charge is 0.420 e. The van der Waals surface area contributed by atoms with Crippen molar-refractivity contribution in [1.29, 1.82) is 0 Å². The van der Waals surface area contributed by atoms with Gasteiger partial charge >= 0.3 is 11.7 Å². The third-order valence-electron chi connectivity index (χ3n) is 6.69. The average Bonchev–Trinajstić information content (AvgIpc) is 3.33. The first kappa shape index (κ1) is 28.8. The molecule has 0 aliphatic carbocycles. The second-order valence-corrected chi connectivity index (χ2v) is 11.5. The van der Waals surface area contributed by atoms with Crippen LogP contribution in [-0.4, -0.2) is 29.9 Å². The minimum absolute atomic E-state index is 0.104. The van der Waals surface area contributed by atoms with E-state index in [2.05, 4.69) is 0 Å². The van der Waals surface area contributed by atoms with Gasteiger partial charge in [-0.25, -0.2) is 13.2 Å². The molecule has 4 aromatic carbocycles. The topological polar surface area (TPSA) is 98.8 Å². The van der Waals surface area contributed by atoms with Crippen LogP contribution >= 0.6 is 0 Å². The second kappa shape index (κ2) is 12.8. The van der Waals surface area contributed by atoms with Crippen molar-refractivity contribution in [3.05, 3.63) is 137 Å². The van der Waals surface area contributed by atoms with Gasteiger partial charge in [-0.3, -0.25) is 9.36 Å². The molecule has 0 atom stereocenters. The van der Waals surface area contributed by atoms with Crippen molar-refractivity contribution in [1.82, 2.24) is 8.87 Å². The van der Waals surface area contributed by atoms with Crippen LogP contribution < -0.4 is 5.76 Å². The molecule has 0 saturated carbocycles. The first-order valence-corrected chi connectivity index (χ1v) is 14.9. The fourth-order valence-corrected chi connectivity index (χ4v) is 6.11. The van der Waals surface area contributed by atoms with E-state index in [1.165, 1.54) is 21.0 Å². The highest BCUT2D eigenvalue weighted by Crippen LogP contribution is 2.33. The standard InChI is InChI=1S/C33H30N2O6S/c1-2-40-30(36)24-35-31(27-16-10-5-11-17-27)32(41-33(35)37)28-18-20-29(21-19-28)42(38,39)34(22-25-12-6-3-7-13-25)23-26-14-8-4-9-15-26/h3-21H,2,22-24H2,1H3. The number of carbonyl (C=O) groups excluding carboxylic acids is 1. The SMILES string of the molecule is CCOC(=O)Cn1c(-c2ccccc2)c(-c2ccc(S(=O)(=O)N(Cc3ccccc3)Cc3ccccc3)cc2)oc1=O. The largest absolute Gasteiger partial charge is 0.465 e. The van der Waals surface area contributed by atoms with Crippen LogP contribution in [0.15, 0.2) is 129 Å². The molecule has 8 nitrogen and oxygen atoms in total. The highest BCUT2D eigenvalue weighted by Gasteiger charge is 2.27. The molecule has 0 N–H and O–H groups in total. The number of aromatic nitrogens is 1. The Morgan fingerprint density at radius 1 is 0.762 bits per heavy atom. The molecule has 0 saturated heterocycles. The maximum atomic E-state index is 13.9. The van der Waals surface area contributed by atoms with Crippen molar-refractivity contribution in [2.45, 2.75) is 31.5 Å². The first-order valence-electron chi connectivity index (χ1n) is 13.5. The van der Waals surface area contributed by atoms with E-state index in [-0.39, 0.29) is 36.9 Å². The second-order valence-electron chi connectivity index (χ2n) is 9.57. The molecule has 214 valence electrons. The predicted octanol–water partition coefficient (Wildman–Crippen LogP) is 5.73. The monoisotopic (exact) mass is 582 g/mol. The molecule has 0 unspecified atom stereocenters. The molecule has 0 aliphatic heterocycles. The van der Waals surface area contributed by atoms with Crippen LogP contribution in [0.25, 0.3) is 22.6 Å². The Balaban J connectivity index is 1.52. The van der Waals surface area contributed by atoms with Crippen LogP contribution in [0.5, 0.6) is 0 Å². The molecule has 1 heterocycles. The lowest BCUT2D eigenvalue weighted by atomic mass is 10.1. The number of carbonyl (C=O) groups is 1. The van der Waals surface area contributed by atoms with Gasteiger partial charge in [-0.2, -0.15) is 4.31 Å². The van der Waals surface area contributed by atoms with Crippen LogP contribution in [0.2, 0.25) is 0 Å². The Morgan fingerprint density at radius 3 is 1.81 bits per heavy atom. The van der Waals surface area contributed by atoms with Gasteiger partial charge in [0.15, 0.2) is 5.76 Å². The quantitative estimate of drug-likeness (QED) is 0.185. The molecule has 5 aromatic rings. The number of rotatable bonds is 11. The van der Waals surface area contributed by atoms with Gasteiger partial charge in [-0.05, 0) is 42.3 Å². The molecule has 0 radical (unpaired) electrons. The van der Waals surface area contributed by atoms with E-state index in [4.69, 9.17) is 9.15 Å². The minimum Gasteiger partial charge on any atom is -0.465 e. The molecule has 0 aliphatic rings. The summed E-state index contributed by atoms with van der Waals surface area (Å²) in [6.07, 6.45) is 0. The molecule has 5 rings (SSSR count). The third-order valence-corrected chi connectivity index (χ3v) is 8.50. The summed E-state index contributed by atoms with van der Waals surface area (Å²) in [4.78, 5) is 25.3. The predicted molar refractivity (Wildman–Crippen MR) is 160 cm³/mol. The summed E-state index contributed by atoms with van der Waals surface area (Å²) in [6.45, 7) is 1.95. The van der Waals surface area contributed by atoms with Crippen LogP contribution in [-0.2, 0) is 39.2 Å². The van der Waals surface area contributed by atoms with Crippen LogP contribution in [0.3, 0.4) is 0 Å². The van der Waals surface area contributed by atoms with E-state index in [9.17, 15) is 18.0 Å². The Morgan fingerprint density at radius 2 is 1.29 bits per heavy atom. The maximum absolute atomic E-state index is 13.9. The van der Waals surface area contributed by atoms with Gasteiger partial charge in [0.25, 0.3) is 0 Å². The van der Waals surface area contributed by atoms with Gasteiger partial charge in [0.05, 0.1) is 17.2 Å². The van der Waals surface area contributed by atoms with Crippen molar-refractivity contribution in [2.24, 2.45) is 0 Å². The maximum Gasteiger partial charge on any atom is 0.420 e. The van der Waals surface area contributed by atoms with Gasteiger partial charge in [0.1, 0.15) is 6.54 Å². The lowest BCUT2D eigenvalue weighted by molar-refractivity contribution is -0.143. The van der Waals surface area contributed by atoms with Crippen molar-refractivity contribution in [3.8, 4) is 22.6 Å². The molecule has 1 aromatic heterocycles. The Bertz CT molecular complexity index is 1760. The fourth-order valence-electron chi connectivity index (χ4n) is 4.69. The number of hydrogen-bond acceptors (Lipinski definition) is 6. The van der Waals surface area contributed by atoms with E-state index in [0.717, 1.165) is 11.1 Å². The van der Waals surface area contributed by atoms with Crippen molar-refractivity contribution < 1.29 is 22.4 Å². The zero-order valence-corrected chi connectivity index (χ0v) is 23.9. The van der Waals surface area contributed by atoms with E-state index in [1.807, 2.05) is 78.9 Å². The van der Waals surface area contributed by atoms with Crippen molar-refractivity contribution in [3.63, 3.8) is 0 Å². The van der Waals surface area contributed by atoms with E-state index >= 15 is 0 Å². The fraction of sp³-hybridized carbons (Fsp3) is 0.152. The van der Waals surface area contributed by atoms with E-state index in [0.29, 0.717) is 16.8 Å². The number of sulfonamides is 1. The molecule has 0 amide bonds. The molecule has 42 heavy (non-hydrogen) atoms. The first-order chi connectivity index (χ1) is 20.4. The highest BCUT2D eigenvalue weighted by atomic mass is 32.2. The van der Waals surface area contributed by atoms with Crippen molar-refractivity contribution >= 4 is 16.0 Å². The van der Waals surface area contributed by atoms with Gasteiger partial charge < -0.3 is 9.15 Å². The Labute approximate surface area is 244 Å². The van der Waals surface area contributed by atoms with Gasteiger partial charge in [0.2, 0.25) is 10.0 Å². The number of hydrogen-bond donors (Lipinski definition) is 0. The minimum atomic E-state index is -3.91. The summed E-state index contributed by atoms with van der Waals surface area (Å²) in [7, 11) is -3.91. The normalized spacial score (nSPS) is 11.5. The zero-order valence-electron chi connectivity index (χ0n) is 23.1. The summed E-state index contributed by atoms with van der Waals surface area (Å²) in [5.74, 6) is -1.06. The van der Waals surface area contributed by atoms with Gasteiger partial charge in [0, 0.05) is 24.2 Å². The average molecular weight is 583 g/mol. The summed E-state index contributed by atoms with van der Waals surface area (Å²) < 4.78 is 41.2. The summed E-state index contributed by atoms with van der Waals surface area (Å²) in [6, 6.07) is 34.2. The summed E-state index contributed by atoms with van der Waals surface area (Å²) >= 11 is 0. The van der Waals surface area contributed by atoms with E-state index in [1.54, 1.807) is 31.2 Å². The number of benzene rings is 4. The molecule has 0 bridgehead atoms. The lowest BCUT2D eigenvalue weighted by Gasteiger charge is -2.23. The Kier molecular flexibility index (Phi) is 8.80. The molecule has 0 fully saturated rings. The molecular weight excluding hydrogens is 552 g/mol. The van der Waals surface area contributed by atoms with Crippen LogP contribution in [0, 0.1) is 0 Å². The number of oxazole rings is 1. The number of nitrogens with zero attached hydrogens (tertiary/aromatic N) is 2. The van der Waals surface area contributed by atoms with Gasteiger partial charge in [-0.1, -0.05) is 91.0 Å². The van der Waals surface area contributed by atoms with Crippen LogP contribution in [0.4, 0.5) is 0 Å². The third kappa shape index (κ3) is 6.43. The highest BCUT2D eigenvalue weighted by molar-refractivity contribution is 7.89. The molecule has 9 heteroatoms. The van der Waals surface area contributed by atoms with Crippen LogP contribution in [0.1, 0.15) is 18.1 Å². The number of esters is 1. The lowest BCUT2D eigenvalue weighted by Crippen LogP contribution is -2.30. The van der Waals surface area contributed by atoms with Crippen molar-refractivity contribution in [2.75, 3.05) is 6.61 Å².